The van der Waals surface area contributed by atoms with Gasteiger partial charge in [0.15, 0.2) is 0 Å². The Balaban J connectivity index is 1.32. The van der Waals surface area contributed by atoms with Crippen molar-refractivity contribution in [3.8, 4) is 0 Å². The number of quaternary nitrogens is 1. The monoisotopic (exact) mass is 344 g/mol. The molecule has 0 unspecified atom stereocenters. The van der Waals surface area contributed by atoms with Crippen molar-refractivity contribution >= 4 is 23.1 Å². The number of hydrogen-bond donors (Lipinski definition) is 1. The molecular formula is C18H26N5O2+. The van der Waals surface area contributed by atoms with E-state index in [4.69, 9.17) is 9.72 Å². The van der Waals surface area contributed by atoms with Gasteiger partial charge in [0.2, 0.25) is 5.95 Å². The number of piperazine rings is 1. The van der Waals surface area contributed by atoms with Gasteiger partial charge in [0.05, 0.1) is 56.9 Å². The molecule has 25 heavy (non-hydrogen) atoms. The largest absolute Gasteiger partial charge is 0.450 e. The number of benzene rings is 1. The third-order valence-electron chi connectivity index (χ3n) is 5.24. The maximum atomic E-state index is 11.8. The molecule has 2 aromatic rings. The normalized spacial score (nSPS) is 18.0. The van der Waals surface area contributed by atoms with Crippen LogP contribution in [0, 0.1) is 0 Å². The topological polar surface area (TPSA) is 55.0 Å². The lowest BCUT2D eigenvalue weighted by Gasteiger charge is -2.32. The number of carbonyl (C=O) groups excluding carboxylic acids is 1. The van der Waals surface area contributed by atoms with Gasteiger partial charge in [-0.25, -0.2) is 9.78 Å². The van der Waals surface area contributed by atoms with Gasteiger partial charge in [-0.2, -0.15) is 0 Å². The fourth-order valence-corrected chi connectivity index (χ4v) is 3.82. The number of aromatic nitrogens is 2. The summed E-state index contributed by atoms with van der Waals surface area (Å²) in [5.41, 5.74) is 2.31. The first-order chi connectivity index (χ1) is 12.3. The SMILES string of the molecule is CCOC(=O)N1CC[NH+](CCN2CCn3c2nc2ccccc23)CC1. The molecule has 0 radical (unpaired) electrons. The molecule has 1 aromatic carbocycles. The van der Waals surface area contributed by atoms with Crippen LogP contribution in [0.25, 0.3) is 11.0 Å². The number of nitrogens with zero attached hydrogens (tertiary/aromatic N) is 4. The number of para-hydroxylation sites is 2. The molecule has 0 bridgehead atoms. The molecule has 1 fully saturated rings. The lowest BCUT2D eigenvalue weighted by molar-refractivity contribution is -0.902. The predicted octanol–water partition coefficient (Wildman–Crippen LogP) is 0.213. The van der Waals surface area contributed by atoms with Crippen molar-refractivity contribution < 1.29 is 14.4 Å². The number of fused-ring (bicyclic) bond motifs is 3. The van der Waals surface area contributed by atoms with Crippen molar-refractivity contribution in [2.75, 3.05) is 57.3 Å². The van der Waals surface area contributed by atoms with Gasteiger partial charge < -0.3 is 19.1 Å². The molecule has 1 saturated heterocycles. The Kier molecular flexibility index (Phi) is 4.48. The number of rotatable bonds is 4. The molecule has 2 aliphatic heterocycles. The third kappa shape index (κ3) is 3.16. The van der Waals surface area contributed by atoms with E-state index in [9.17, 15) is 4.79 Å². The zero-order valence-corrected chi connectivity index (χ0v) is 14.8. The van der Waals surface area contributed by atoms with Gasteiger partial charge in [-0.05, 0) is 19.1 Å². The summed E-state index contributed by atoms with van der Waals surface area (Å²) in [4.78, 5) is 22.3. The highest BCUT2D eigenvalue weighted by Gasteiger charge is 2.27. The highest BCUT2D eigenvalue weighted by atomic mass is 16.6. The number of carbonyl (C=O) groups is 1. The lowest BCUT2D eigenvalue weighted by Crippen LogP contribution is -3.15. The molecule has 0 aliphatic carbocycles. The van der Waals surface area contributed by atoms with E-state index in [1.807, 2.05) is 17.9 Å². The Bertz CT molecular complexity index is 751. The van der Waals surface area contributed by atoms with E-state index in [1.165, 1.54) is 5.52 Å². The van der Waals surface area contributed by atoms with Crippen molar-refractivity contribution in [2.24, 2.45) is 0 Å². The van der Waals surface area contributed by atoms with Gasteiger partial charge in [-0.15, -0.1) is 0 Å². The first-order valence-electron chi connectivity index (χ1n) is 9.21. The van der Waals surface area contributed by atoms with Crippen molar-refractivity contribution in [1.29, 1.82) is 0 Å². The van der Waals surface area contributed by atoms with Gasteiger partial charge in [0.1, 0.15) is 0 Å². The molecule has 1 N–H and O–H groups in total. The summed E-state index contributed by atoms with van der Waals surface area (Å²) in [5, 5.41) is 0. The fraction of sp³-hybridized carbons (Fsp3) is 0.556. The number of anilines is 1. The van der Waals surface area contributed by atoms with E-state index in [-0.39, 0.29) is 6.09 Å². The zero-order chi connectivity index (χ0) is 17.2. The minimum atomic E-state index is -0.171. The summed E-state index contributed by atoms with van der Waals surface area (Å²) in [7, 11) is 0. The second-order valence-electron chi connectivity index (χ2n) is 6.73. The minimum Gasteiger partial charge on any atom is -0.450 e. The van der Waals surface area contributed by atoms with Crippen LogP contribution in [0.5, 0.6) is 0 Å². The quantitative estimate of drug-likeness (QED) is 0.862. The highest BCUT2D eigenvalue weighted by Crippen LogP contribution is 2.26. The van der Waals surface area contributed by atoms with E-state index >= 15 is 0 Å². The van der Waals surface area contributed by atoms with Crippen LogP contribution >= 0.6 is 0 Å². The fourth-order valence-electron chi connectivity index (χ4n) is 3.82. The van der Waals surface area contributed by atoms with Crippen LogP contribution in [-0.4, -0.2) is 73.0 Å². The van der Waals surface area contributed by atoms with Crippen molar-refractivity contribution in [3.63, 3.8) is 0 Å². The average molecular weight is 344 g/mol. The standard InChI is InChI=1S/C18H25N5O2/c1-2-25-18(24)22-11-8-20(9-12-22)7-10-21-13-14-23-16-6-4-3-5-15(16)19-17(21)23/h3-6H,2,7-14H2,1H3/p+1. The lowest BCUT2D eigenvalue weighted by atomic mass is 10.3. The molecule has 0 saturated carbocycles. The molecule has 2 aliphatic rings. The summed E-state index contributed by atoms with van der Waals surface area (Å²) in [6.45, 7) is 9.99. The Labute approximate surface area is 147 Å². The second kappa shape index (κ2) is 6.92. The number of nitrogens with one attached hydrogen (secondary N) is 1. The molecule has 0 atom stereocenters. The van der Waals surface area contributed by atoms with Crippen LogP contribution < -0.4 is 9.80 Å². The molecule has 134 valence electrons. The van der Waals surface area contributed by atoms with Crippen molar-refractivity contribution in [1.82, 2.24) is 14.5 Å². The van der Waals surface area contributed by atoms with Crippen LogP contribution in [0.1, 0.15) is 6.92 Å². The van der Waals surface area contributed by atoms with E-state index in [1.54, 1.807) is 4.90 Å². The average Bonchev–Trinajstić information content (AvgIpc) is 3.20. The van der Waals surface area contributed by atoms with E-state index in [0.29, 0.717) is 6.61 Å². The number of imidazole rings is 1. The van der Waals surface area contributed by atoms with Crippen LogP contribution in [0.3, 0.4) is 0 Å². The first-order valence-corrected chi connectivity index (χ1v) is 9.21. The molecule has 0 spiro atoms. The van der Waals surface area contributed by atoms with Gasteiger partial charge in [0.25, 0.3) is 0 Å². The van der Waals surface area contributed by atoms with Gasteiger partial charge in [-0.3, -0.25) is 4.90 Å². The Hall–Kier alpha value is -2.28. The molecule has 1 aromatic heterocycles. The predicted molar refractivity (Wildman–Crippen MR) is 96.1 cm³/mol. The van der Waals surface area contributed by atoms with Crippen LogP contribution in [-0.2, 0) is 11.3 Å². The Morgan fingerprint density at radius 2 is 2.00 bits per heavy atom. The summed E-state index contributed by atoms with van der Waals surface area (Å²) >= 11 is 0. The van der Waals surface area contributed by atoms with Crippen molar-refractivity contribution in [3.05, 3.63) is 24.3 Å². The van der Waals surface area contributed by atoms with E-state index < -0.39 is 0 Å². The Morgan fingerprint density at radius 3 is 2.80 bits per heavy atom. The van der Waals surface area contributed by atoms with Crippen LogP contribution in [0.4, 0.5) is 10.7 Å². The number of ether oxygens (including phenoxy) is 1. The summed E-state index contributed by atoms with van der Waals surface area (Å²) in [5.74, 6) is 1.10. The van der Waals surface area contributed by atoms with E-state index in [0.717, 1.165) is 63.8 Å². The highest BCUT2D eigenvalue weighted by molar-refractivity contribution is 5.79. The van der Waals surface area contributed by atoms with E-state index in [2.05, 4.69) is 27.7 Å². The number of hydrogen-bond acceptors (Lipinski definition) is 4. The van der Waals surface area contributed by atoms with Crippen LogP contribution in [0.2, 0.25) is 0 Å². The molecule has 7 heteroatoms. The second-order valence-corrected chi connectivity index (χ2v) is 6.73. The number of amides is 1. The molecular weight excluding hydrogens is 318 g/mol. The van der Waals surface area contributed by atoms with Gasteiger partial charge >= 0.3 is 6.09 Å². The van der Waals surface area contributed by atoms with Gasteiger partial charge in [0, 0.05) is 13.1 Å². The molecule has 1 amide bonds. The smallest absolute Gasteiger partial charge is 0.410 e. The van der Waals surface area contributed by atoms with Crippen LogP contribution in [0.15, 0.2) is 24.3 Å². The summed E-state index contributed by atoms with van der Waals surface area (Å²) < 4.78 is 7.41. The van der Waals surface area contributed by atoms with Gasteiger partial charge in [-0.1, -0.05) is 12.1 Å². The molecule has 3 heterocycles. The summed E-state index contributed by atoms with van der Waals surface area (Å²) in [6.07, 6.45) is -0.171. The summed E-state index contributed by atoms with van der Waals surface area (Å²) in [6, 6.07) is 8.35. The molecule has 4 rings (SSSR count). The van der Waals surface area contributed by atoms with Crippen molar-refractivity contribution in [2.45, 2.75) is 13.5 Å². The first kappa shape index (κ1) is 16.2. The zero-order valence-electron chi connectivity index (χ0n) is 14.8. The minimum absolute atomic E-state index is 0.171. The molecule has 7 nitrogen and oxygen atoms in total. The Morgan fingerprint density at radius 1 is 1.20 bits per heavy atom. The third-order valence-corrected chi connectivity index (χ3v) is 5.24. The maximum absolute atomic E-state index is 11.8. The maximum Gasteiger partial charge on any atom is 0.410 e.